The van der Waals surface area contributed by atoms with Crippen molar-refractivity contribution in [2.75, 3.05) is 7.05 Å². The molecule has 1 atom stereocenters. The third-order valence-corrected chi connectivity index (χ3v) is 4.43. The molecule has 0 aliphatic carbocycles. The normalized spacial score (nSPS) is 12.7. The molecule has 0 amide bonds. The van der Waals surface area contributed by atoms with Crippen molar-refractivity contribution in [2.24, 2.45) is 0 Å². The molecule has 96 valence electrons. The third kappa shape index (κ3) is 2.44. The summed E-state index contributed by atoms with van der Waals surface area (Å²) in [4.78, 5) is 2.36. The molecule has 0 aliphatic heterocycles. The first-order valence-electron chi connectivity index (χ1n) is 5.72. The number of rotatable bonds is 3. The third-order valence-electron chi connectivity index (χ3n) is 2.92. The SMILES string of the molecule is CNC(c1cccc(Cl)c1F)c1sc(C)cc1C. The summed E-state index contributed by atoms with van der Waals surface area (Å²) in [5.41, 5.74) is 1.77. The fraction of sp³-hybridized carbons (Fsp3) is 0.286. The van der Waals surface area contributed by atoms with Crippen LogP contribution in [-0.2, 0) is 0 Å². The lowest BCUT2D eigenvalue weighted by molar-refractivity contribution is 0.579. The smallest absolute Gasteiger partial charge is 0.146 e. The van der Waals surface area contributed by atoms with Gasteiger partial charge in [-0.15, -0.1) is 11.3 Å². The maximum absolute atomic E-state index is 14.1. The average Bonchev–Trinajstić information content (AvgIpc) is 2.65. The topological polar surface area (TPSA) is 12.0 Å². The van der Waals surface area contributed by atoms with Crippen LogP contribution in [0.5, 0.6) is 0 Å². The number of hydrogen-bond donors (Lipinski definition) is 1. The van der Waals surface area contributed by atoms with Crippen LogP contribution in [0.2, 0.25) is 5.02 Å². The lowest BCUT2D eigenvalue weighted by Crippen LogP contribution is -2.18. The van der Waals surface area contributed by atoms with E-state index in [-0.39, 0.29) is 16.9 Å². The summed E-state index contributed by atoms with van der Waals surface area (Å²) >= 11 is 7.53. The first-order valence-corrected chi connectivity index (χ1v) is 6.92. The minimum atomic E-state index is -0.344. The van der Waals surface area contributed by atoms with Crippen molar-refractivity contribution in [3.05, 3.63) is 56.0 Å². The van der Waals surface area contributed by atoms with E-state index in [4.69, 9.17) is 11.6 Å². The Kier molecular flexibility index (Phi) is 4.05. The number of halogens is 2. The summed E-state index contributed by atoms with van der Waals surface area (Å²) in [6.07, 6.45) is 0. The van der Waals surface area contributed by atoms with E-state index in [1.807, 2.05) is 14.0 Å². The zero-order valence-corrected chi connectivity index (χ0v) is 12.1. The largest absolute Gasteiger partial charge is 0.309 e. The van der Waals surface area contributed by atoms with Crippen LogP contribution in [0.25, 0.3) is 0 Å². The predicted molar refractivity (Wildman–Crippen MR) is 76.1 cm³/mol. The van der Waals surface area contributed by atoms with E-state index in [0.717, 1.165) is 4.88 Å². The molecule has 0 bridgehead atoms. The number of hydrogen-bond acceptors (Lipinski definition) is 2. The summed E-state index contributed by atoms with van der Waals surface area (Å²) in [5.74, 6) is -0.344. The zero-order valence-electron chi connectivity index (χ0n) is 10.6. The van der Waals surface area contributed by atoms with Crippen molar-refractivity contribution in [1.29, 1.82) is 0 Å². The standard InChI is InChI=1S/C14H15ClFNS/c1-8-7-9(2)18-14(8)13(17-3)10-5-4-6-11(15)12(10)16/h4-7,13,17H,1-3H3. The molecule has 18 heavy (non-hydrogen) atoms. The van der Waals surface area contributed by atoms with Crippen LogP contribution in [0.4, 0.5) is 4.39 Å². The Balaban J connectivity index is 2.52. The molecule has 0 spiro atoms. The number of nitrogens with one attached hydrogen (secondary N) is 1. The summed E-state index contributed by atoms with van der Waals surface area (Å²) in [7, 11) is 1.83. The Hall–Kier alpha value is -0.900. The van der Waals surface area contributed by atoms with E-state index in [2.05, 4.69) is 18.3 Å². The first kappa shape index (κ1) is 13.5. The van der Waals surface area contributed by atoms with Gasteiger partial charge in [-0.3, -0.25) is 0 Å². The Labute approximate surface area is 116 Å². The van der Waals surface area contributed by atoms with E-state index < -0.39 is 0 Å². The molecule has 0 saturated carbocycles. The van der Waals surface area contributed by atoms with Crippen LogP contribution in [-0.4, -0.2) is 7.05 Å². The quantitative estimate of drug-likeness (QED) is 0.876. The highest BCUT2D eigenvalue weighted by Crippen LogP contribution is 2.34. The molecule has 0 radical (unpaired) electrons. The molecule has 0 saturated heterocycles. The highest BCUT2D eigenvalue weighted by Gasteiger charge is 2.21. The molecule has 0 aliphatic rings. The van der Waals surface area contributed by atoms with Gasteiger partial charge in [0.2, 0.25) is 0 Å². The maximum atomic E-state index is 14.1. The van der Waals surface area contributed by atoms with Gasteiger partial charge in [-0.2, -0.15) is 0 Å². The molecule has 4 heteroatoms. The van der Waals surface area contributed by atoms with Crippen LogP contribution < -0.4 is 5.32 Å². The van der Waals surface area contributed by atoms with Crippen molar-refractivity contribution in [2.45, 2.75) is 19.9 Å². The van der Waals surface area contributed by atoms with E-state index in [1.54, 1.807) is 29.5 Å². The minimum absolute atomic E-state index is 0.151. The highest BCUT2D eigenvalue weighted by atomic mass is 35.5. The second kappa shape index (κ2) is 5.39. The average molecular weight is 284 g/mol. The molecule has 0 fully saturated rings. The summed E-state index contributed by atoms with van der Waals surface area (Å²) < 4.78 is 14.1. The molecule has 2 aromatic rings. The van der Waals surface area contributed by atoms with Gasteiger partial charge in [-0.25, -0.2) is 4.39 Å². The summed E-state index contributed by atoms with van der Waals surface area (Å²) in [6, 6.07) is 7.09. The predicted octanol–water partition coefficient (Wildman–Crippen LogP) is 4.47. The van der Waals surface area contributed by atoms with Gasteiger partial charge in [0.25, 0.3) is 0 Å². The second-order valence-electron chi connectivity index (χ2n) is 4.27. The molecule has 1 aromatic carbocycles. The van der Waals surface area contributed by atoms with Gasteiger partial charge >= 0.3 is 0 Å². The Morgan fingerprint density at radius 1 is 1.33 bits per heavy atom. The van der Waals surface area contributed by atoms with Crippen molar-refractivity contribution < 1.29 is 4.39 Å². The van der Waals surface area contributed by atoms with Crippen molar-refractivity contribution in [1.82, 2.24) is 5.32 Å². The molecule has 1 unspecified atom stereocenters. The van der Waals surface area contributed by atoms with E-state index >= 15 is 0 Å². The first-order chi connectivity index (χ1) is 8.54. The van der Waals surface area contributed by atoms with Gasteiger partial charge in [-0.05, 0) is 38.6 Å². The van der Waals surface area contributed by atoms with Gasteiger partial charge in [0, 0.05) is 15.3 Å². The molecule has 2 rings (SSSR count). The van der Waals surface area contributed by atoms with Crippen LogP contribution in [0.15, 0.2) is 24.3 Å². The fourth-order valence-electron chi connectivity index (χ4n) is 2.12. The van der Waals surface area contributed by atoms with Gasteiger partial charge in [0.1, 0.15) is 5.82 Å². The van der Waals surface area contributed by atoms with Crippen molar-refractivity contribution in [3.63, 3.8) is 0 Å². The van der Waals surface area contributed by atoms with Crippen LogP contribution >= 0.6 is 22.9 Å². The molecule has 1 heterocycles. The van der Waals surface area contributed by atoms with Gasteiger partial charge in [-0.1, -0.05) is 23.7 Å². The number of thiophene rings is 1. The van der Waals surface area contributed by atoms with Crippen LogP contribution in [0, 0.1) is 19.7 Å². The fourth-order valence-corrected chi connectivity index (χ4v) is 3.46. The summed E-state index contributed by atoms with van der Waals surface area (Å²) in [6.45, 7) is 4.11. The van der Waals surface area contributed by atoms with E-state index in [9.17, 15) is 4.39 Å². The molecule has 1 nitrogen and oxygen atoms in total. The number of benzene rings is 1. The van der Waals surface area contributed by atoms with Crippen LogP contribution in [0.1, 0.15) is 26.9 Å². The van der Waals surface area contributed by atoms with E-state index in [1.165, 1.54) is 10.4 Å². The van der Waals surface area contributed by atoms with Gasteiger partial charge in [0.05, 0.1) is 11.1 Å². The van der Waals surface area contributed by atoms with Crippen molar-refractivity contribution in [3.8, 4) is 0 Å². The lowest BCUT2D eigenvalue weighted by atomic mass is 10.0. The molecular weight excluding hydrogens is 269 g/mol. The Bertz CT molecular complexity index is 565. The highest BCUT2D eigenvalue weighted by molar-refractivity contribution is 7.12. The summed E-state index contributed by atoms with van der Waals surface area (Å²) in [5, 5.41) is 3.33. The van der Waals surface area contributed by atoms with Gasteiger partial charge in [0.15, 0.2) is 0 Å². The lowest BCUT2D eigenvalue weighted by Gasteiger charge is -2.17. The van der Waals surface area contributed by atoms with Gasteiger partial charge < -0.3 is 5.32 Å². The maximum Gasteiger partial charge on any atom is 0.146 e. The van der Waals surface area contributed by atoms with Crippen LogP contribution in [0.3, 0.4) is 0 Å². The molecule has 1 aromatic heterocycles. The zero-order chi connectivity index (χ0) is 13.3. The minimum Gasteiger partial charge on any atom is -0.309 e. The monoisotopic (exact) mass is 283 g/mol. The van der Waals surface area contributed by atoms with E-state index in [0.29, 0.717) is 5.56 Å². The second-order valence-corrected chi connectivity index (χ2v) is 5.96. The molecule has 1 N–H and O–H groups in total. The Morgan fingerprint density at radius 3 is 2.61 bits per heavy atom. The molecular formula is C14H15ClFNS. The Morgan fingerprint density at radius 2 is 2.06 bits per heavy atom. The van der Waals surface area contributed by atoms with Crippen molar-refractivity contribution >= 4 is 22.9 Å². The number of aryl methyl sites for hydroxylation is 2.